The van der Waals surface area contributed by atoms with E-state index in [1.54, 1.807) is 0 Å². The minimum atomic E-state index is -4.78. The summed E-state index contributed by atoms with van der Waals surface area (Å²) in [4.78, 5) is 48.5. The molecule has 11 nitrogen and oxygen atoms in total. The first-order chi connectivity index (χ1) is 36.2. The van der Waals surface area contributed by atoms with Crippen molar-refractivity contribution in [1.82, 2.24) is 0 Å². The van der Waals surface area contributed by atoms with Crippen LogP contribution in [-0.2, 0) is 42.2 Å². The summed E-state index contributed by atoms with van der Waals surface area (Å²) in [6.45, 7) is 4.27. The lowest BCUT2D eigenvalue weighted by Crippen LogP contribution is -2.30. The van der Waals surface area contributed by atoms with Crippen molar-refractivity contribution in [3.8, 4) is 0 Å². The van der Waals surface area contributed by atoms with Crippen LogP contribution < -0.4 is 0 Å². The summed E-state index contributed by atoms with van der Waals surface area (Å²) < 4.78 is 39.4. The number of carbonyl (C=O) groups excluding carboxylic acids is 3. The van der Waals surface area contributed by atoms with Crippen molar-refractivity contribution in [2.75, 3.05) is 26.4 Å². The molecular formula is C62H101O11P. The van der Waals surface area contributed by atoms with Gasteiger partial charge in [-0.1, -0.05) is 187 Å². The number of allylic oxidation sites excluding steroid dienone is 20. The van der Waals surface area contributed by atoms with Crippen molar-refractivity contribution in [3.63, 3.8) is 0 Å². The number of aliphatic hydroxyl groups excluding tert-OH is 1. The lowest BCUT2D eigenvalue weighted by Gasteiger charge is -2.21. The second kappa shape index (κ2) is 55.1. The van der Waals surface area contributed by atoms with Gasteiger partial charge in [0.15, 0.2) is 6.10 Å². The smallest absolute Gasteiger partial charge is 0.462 e. The molecule has 74 heavy (non-hydrogen) atoms. The van der Waals surface area contributed by atoms with E-state index in [0.29, 0.717) is 19.3 Å². The average molecular weight is 1050 g/mol. The van der Waals surface area contributed by atoms with Crippen LogP contribution in [0.4, 0.5) is 0 Å². The highest BCUT2D eigenvalue weighted by molar-refractivity contribution is 7.47. The fourth-order valence-corrected chi connectivity index (χ4v) is 7.86. The summed E-state index contributed by atoms with van der Waals surface area (Å²) >= 11 is 0. The highest BCUT2D eigenvalue weighted by Crippen LogP contribution is 2.43. The molecule has 0 heterocycles. The molecule has 0 aromatic carbocycles. The zero-order valence-electron chi connectivity index (χ0n) is 46.3. The summed E-state index contributed by atoms with van der Waals surface area (Å²) in [7, 11) is -4.78. The van der Waals surface area contributed by atoms with Crippen molar-refractivity contribution in [2.45, 2.75) is 226 Å². The monoisotopic (exact) mass is 1050 g/mol. The third-order valence-corrected chi connectivity index (χ3v) is 12.3. The molecule has 0 rings (SSSR count). The van der Waals surface area contributed by atoms with Crippen LogP contribution in [-0.4, -0.2) is 66.5 Å². The molecule has 3 atom stereocenters. The molecule has 0 aliphatic carbocycles. The zero-order valence-corrected chi connectivity index (χ0v) is 47.2. The lowest BCUT2D eigenvalue weighted by molar-refractivity contribution is -0.161. The Morgan fingerprint density at radius 1 is 0.392 bits per heavy atom. The Labute approximate surface area is 449 Å². The molecule has 2 N–H and O–H groups in total. The van der Waals surface area contributed by atoms with Crippen molar-refractivity contribution in [1.29, 1.82) is 0 Å². The van der Waals surface area contributed by atoms with Crippen LogP contribution in [0.1, 0.15) is 213 Å². The normalized spacial score (nSPS) is 14.3. The summed E-state index contributed by atoms with van der Waals surface area (Å²) in [5.41, 5.74) is 0. The van der Waals surface area contributed by atoms with Gasteiger partial charge in [0, 0.05) is 19.3 Å². The van der Waals surface area contributed by atoms with Gasteiger partial charge in [0.2, 0.25) is 0 Å². The Bertz CT molecular complexity index is 1700. The van der Waals surface area contributed by atoms with E-state index in [1.165, 1.54) is 38.5 Å². The largest absolute Gasteiger partial charge is 0.472 e. The van der Waals surface area contributed by atoms with Crippen molar-refractivity contribution in [3.05, 3.63) is 122 Å². The van der Waals surface area contributed by atoms with Gasteiger partial charge < -0.3 is 24.2 Å². The molecule has 3 unspecified atom stereocenters. The molecule has 0 radical (unpaired) electrons. The standard InChI is InChI=1S/C62H101O11P/c1-4-7-10-13-16-19-22-25-28-29-32-33-36-39-42-45-48-51-60(64)69-55-59(73-62(66)53-50-47-44-41-38-35-31-27-24-21-18-15-12-9-6-3)57-71-74(67,68)70-56-58(54-63)72-61(65)52-49-46-43-40-37-34-30-26-23-20-17-14-11-8-5-2/h8-9,11-12,16-21,25-28,30-31,37-38,40-41,58-59,63H,4-7,10,13-15,22-24,29,32-36,39,42-57H2,1-3H3,(H,67,68)/b11-8-,12-9-,19-16-,20-17-,21-18-,28-25-,30-26-,31-27-,40-37-,41-38-. The second-order valence-electron chi connectivity index (χ2n) is 18.3. The van der Waals surface area contributed by atoms with Crippen molar-refractivity contribution >= 4 is 25.7 Å². The third kappa shape index (κ3) is 52.7. The van der Waals surface area contributed by atoms with Crippen LogP contribution >= 0.6 is 7.82 Å². The summed E-state index contributed by atoms with van der Waals surface area (Å²) in [6, 6.07) is 0. The van der Waals surface area contributed by atoms with E-state index in [-0.39, 0.29) is 25.9 Å². The van der Waals surface area contributed by atoms with Gasteiger partial charge in [0.05, 0.1) is 19.8 Å². The molecule has 0 fully saturated rings. The van der Waals surface area contributed by atoms with E-state index >= 15 is 0 Å². The van der Waals surface area contributed by atoms with Crippen LogP contribution in [0.25, 0.3) is 0 Å². The Balaban J connectivity index is 4.85. The number of ether oxygens (including phenoxy) is 3. The highest BCUT2D eigenvalue weighted by Gasteiger charge is 2.28. The van der Waals surface area contributed by atoms with E-state index < -0.39 is 57.8 Å². The Kier molecular flexibility index (Phi) is 52.1. The van der Waals surface area contributed by atoms with Gasteiger partial charge >= 0.3 is 25.7 Å². The van der Waals surface area contributed by atoms with Crippen molar-refractivity contribution < 1.29 is 52.2 Å². The number of hydrogen-bond donors (Lipinski definition) is 2. The van der Waals surface area contributed by atoms with Gasteiger partial charge in [-0.2, -0.15) is 0 Å². The third-order valence-electron chi connectivity index (χ3n) is 11.3. The molecule has 12 heteroatoms. The second-order valence-corrected chi connectivity index (χ2v) is 19.8. The number of phosphoric acid groups is 1. The van der Waals surface area contributed by atoms with Crippen LogP contribution in [0.3, 0.4) is 0 Å². The van der Waals surface area contributed by atoms with E-state index in [0.717, 1.165) is 116 Å². The maximum atomic E-state index is 12.9. The fraction of sp³-hybridized carbons (Fsp3) is 0.629. The van der Waals surface area contributed by atoms with Gasteiger partial charge in [0.25, 0.3) is 0 Å². The summed E-state index contributed by atoms with van der Waals surface area (Å²) in [5, 5.41) is 9.80. The topological polar surface area (TPSA) is 155 Å². The van der Waals surface area contributed by atoms with Gasteiger partial charge in [0.1, 0.15) is 12.7 Å². The van der Waals surface area contributed by atoms with Gasteiger partial charge in [-0.25, -0.2) is 4.57 Å². The minimum absolute atomic E-state index is 0.104. The van der Waals surface area contributed by atoms with E-state index in [9.17, 15) is 28.9 Å². The fourth-order valence-electron chi connectivity index (χ4n) is 7.07. The van der Waals surface area contributed by atoms with Gasteiger partial charge in [-0.15, -0.1) is 0 Å². The first-order valence-electron chi connectivity index (χ1n) is 28.4. The average Bonchev–Trinajstić information content (AvgIpc) is 3.39. The van der Waals surface area contributed by atoms with Gasteiger partial charge in [-0.05, 0) is 128 Å². The van der Waals surface area contributed by atoms with Crippen molar-refractivity contribution in [2.24, 2.45) is 0 Å². The lowest BCUT2D eigenvalue weighted by atomic mass is 10.1. The molecule has 0 spiro atoms. The Morgan fingerprint density at radius 2 is 0.703 bits per heavy atom. The predicted molar refractivity (Wildman–Crippen MR) is 306 cm³/mol. The van der Waals surface area contributed by atoms with E-state index in [4.69, 9.17) is 23.3 Å². The quantitative estimate of drug-likeness (QED) is 0.0197. The number of aliphatic hydroxyl groups is 1. The summed E-state index contributed by atoms with van der Waals surface area (Å²) in [5.74, 6) is -1.58. The SMILES string of the molecule is CC/C=C\C/C=C\C/C=C\C/C=C\CCCCC(=O)OC(CO)COP(=O)(O)OCC(COC(=O)CCCCCCCCC/C=C\C/C=C\CCCCC)OC(=O)CCCC/C=C\C/C=C\C/C=C\C/C=C\CC. The minimum Gasteiger partial charge on any atom is -0.462 e. The zero-order chi connectivity index (χ0) is 54.1. The summed E-state index contributed by atoms with van der Waals surface area (Å²) in [6.07, 6.45) is 67.3. The maximum Gasteiger partial charge on any atom is 0.472 e. The number of esters is 3. The molecule has 0 aromatic heterocycles. The van der Waals surface area contributed by atoms with Gasteiger partial charge in [-0.3, -0.25) is 23.4 Å². The molecule has 0 saturated carbocycles. The van der Waals surface area contributed by atoms with E-state index in [2.05, 4.69) is 142 Å². The maximum absolute atomic E-state index is 12.9. The number of phosphoric ester groups is 1. The Hall–Kier alpha value is -4.12. The van der Waals surface area contributed by atoms with Crippen LogP contribution in [0.5, 0.6) is 0 Å². The molecule has 0 saturated heterocycles. The first kappa shape index (κ1) is 69.9. The number of carbonyl (C=O) groups is 3. The number of unbranched alkanes of at least 4 members (excludes halogenated alkanes) is 14. The predicted octanol–water partition coefficient (Wildman–Crippen LogP) is 16.8. The number of rotatable bonds is 51. The molecule has 420 valence electrons. The molecule has 0 amide bonds. The molecule has 0 bridgehead atoms. The Morgan fingerprint density at radius 3 is 1.11 bits per heavy atom. The molecule has 0 aliphatic heterocycles. The van der Waals surface area contributed by atoms with E-state index in [1.807, 2.05) is 0 Å². The first-order valence-corrected chi connectivity index (χ1v) is 29.9. The highest BCUT2D eigenvalue weighted by atomic mass is 31.2. The molecule has 0 aromatic rings. The van der Waals surface area contributed by atoms with Crippen LogP contribution in [0.15, 0.2) is 122 Å². The molecular weight excluding hydrogens is 952 g/mol. The van der Waals surface area contributed by atoms with Crippen LogP contribution in [0, 0.1) is 0 Å². The number of hydrogen-bond acceptors (Lipinski definition) is 10. The van der Waals surface area contributed by atoms with Crippen LogP contribution in [0.2, 0.25) is 0 Å². The molecule has 0 aliphatic rings.